The zero-order chi connectivity index (χ0) is 14.3. The number of hydrogen-bond donors (Lipinski definition) is 2. The van der Waals surface area contributed by atoms with Crippen molar-refractivity contribution >= 4 is 23.5 Å². The minimum Gasteiger partial charge on any atom is -0.395 e. The first kappa shape index (κ1) is 15.8. The highest BCUT2D eigenvalue weighted by atomic mass is 35.5. The topological polar surface area (TPSA) is 74.2 Å². The molecule has 1 rings (SSSR count). The molecular weight excluding hydrogens is 280 g/mol. The lowest BCUT2D eigenvalue weighted by Gasteiger charge is -2.21. The Balaban J connectivity index is 2.90. The van der Waals surface area contributed by atoms with Crippen LogP contribution < -0.4 is 10.2 Å². The van der Waals surface area contributed by atoms with Crippen LogP contribution in [0.2, 0.25) is 5.28 Å². The Morgan fingerprint density at radius 3 is 2.68 bits per heavy atom. The van der Waals surface area contributed by atoms with Gasteiger partial charge in [0.15, 0.2) is 0 Å². The minimum absolute atomic E-state index is 0.00208. The molecule has 0 atom stereocenters. The van der Waals surface area contributed by atoms with Crippen LogP contribution in [0.4, 0.5) is 20.7 Å². The summed E-state index contributed by atoms with van der Waals surface area (Å²) in [7, 11) is 0. The van der Waals surface area contributed by atoms with E-state index in [1.807, 2.05) is 6.92 Å². The van der Waals surface area contributed by atoms with Crippen molar-refractivity contribution < 1.29 is 13.9 Å². The smallest absolute Gasteiger partial charge is 0.255 e. The van der Waals surface area contributed by atoms with Gasteiger partial charge in [0.05, 0.1) is 13.2 Å². The number of aliphatic hydroxyl groups excluding tert-OH is 1. The fourth-order valence-corrected chi connectivity index (χ4v) is 1.51. The van der Waals surface area contributed by atoms with E-state index in [1.165, 1.54) is 0 Å². The summed E-state index contributed by atoms with van der Waals surface area (Å²) >= 11 is 5.73. The molecule has 0 unspecified atom stereocenters. The maximum absolute atomic E-state index is 12.5. The zero-order valence-corrected chi connectivity index (χ0v) is 11.2. The number of halogens is 3. The number of alkyl halides is 2. The second-order valence-electron chi connectivity index (χ2n) is 3.72. The van der Waals surface area contributed by atoms with Crippen LogP contribution in [0.1, 0.15) is 13.3 Å². The van der Waals surface area contributed by atoms with Crippen molar-refractivity contribution in [3.8, 4) is 0 Å². The molecule has 0 bridgehead atoms. The molecule has 0 aliphatic carbocycles. The van der Waals surface area contributed by atoms with Gasteiger partial charge >= 0.3 is 0 Å². The summed E-state index contributed by atoms with van der Waals surface area (Å²) < 4.78 is 24.9. The molecule has 0 fully saturated rings. The van der Waals surface area contributed by atoms with Crippen LogP contribution in [0.15, 0.2) is 0 Å². The van der Waals surface area contributed by atoms with Crippen molar-refractivity contribution in [1.29, 1.82) is 0 Å². The van der Waals surface area contributed by atoms with Crippen LogP contribution in [0.3, 0.4) is 0 Å². The molecule has 0 saturated heterocycles. The van der Waals surface area contributed by atoms with Gasteiger partial charge in [0.2, 0.25) is 17.2 Å². The lowest BCUT2D eigenvalue weighted by molar-refractivity contribution is 0.152. The van der Waals surface area contributed by atoms with E-state index < -0.39 is 13.0 Å². The van der Waals surface area contributed by atoms with Gasteiger partial charge in [0.1, 0.15) is 0 Å². The van der Waals surface area contributed by atoms with Crippen molar-refractivity contribution in [3.63, 3.8) is 0 Å². The van der Waals surface area contributed by atoms with Gasteiger partial charge in [0.25, 0.3) is 6.43 Å². The standard InChI is InChI=1S/C10H16ClF2N5O/c1-2-3-14-9-15-8(11)16-10(17-9)18(4-5-19)6-7(12)13/h7,19H,2-6H2,1H3,(H,14,15,16,17). The third-order valence-corrected chi connectivity index (χ3v) is 2.31. The first-order chi connectivity index (χ1) is 9.06. The van der Waals surface area contributed by atoms with Crippen molar-refractivity contribution in [3.05, 3.63) is 5.28 Å². The Morgan fingerprint density at radius 1 is 1.37 bits per heavy atom. The molecule has 9 heteroatoms. The number of rotatable bonds is 8. The monoisotopic (exact) mass is 295 g/mol. The molecule has 108 valence electrons. The lowest BCUT2D eigenvalue weighted by atomic mass is 10.5. The second-order valence-corrected chi connectivity index (χ2v) is 4.05. The Labute approximate surface area is 114 Å². The molecule has 0 aromatic carbocycles. The highest BCUT2D eigenvalue weighted by Crippen LogP contribution is 2.14. The van der Waals surface area contributed by atoms with E-state index >= 15 is 0 Å². The first-order valence-corrected chi connectivity index (χ1v) is 6.24. The average Bonchev–Trinajstić information content (AvgIpc) is 2.34. The van der Waals surface area contributed by atoms with Crippen LogP contribution in [0, 0.1) is 0 Å². The Hall–Kier alpha value is -1.28. The quantitative estimate of drug-likeness (QED) is 0.755. The molecule has 0 aliphatic rings. The molecule has 0 aliphatic heterocycles. The van der Waals surface area contributed by atoms with E-state index in [-0.39, 0.29) is 30.3 Å². The number of aliphatic hydroxyl groups is 1. The van der Waals surface area contributed by atoms with Crippen LogP contribution in [-0.2, 0) is 0 Å². The number of hydrogen-bond acceptors (Lipinski definition) is 6. The molecular formula is C10H16ClF2N5O. The fourth-order valence-electron chi connectivity index (χ4n) is 1.36. The van der Waals surface area contributed by atoms with E-state index in [9.17, 15) is 8.78 Å². The number of nitrogens with zero attached hydrogens (tertiary/aromatic N) is 4. The summed E-state index contributed by atoms with van der Waals surface area (Å²) in [5.41, 5.74) is 0. The largest absolute Gasteiger partial charge is 0.395 e. The SMILES string of the molecule is CCCNc1nc(Cl)nc(N(CCO)CC(F)F)n1. The summed E-state index contributed by atoms with van der Waals surface area (Å²) in [5.74, 6) is 0.252. The van der Waals surface area contributed by atoms with Gasteiger partial charge in [-0.2, -0.15) is 15.0 Å². The highest BCUT2D eigenvalue weighted by Gasteiger charge is 2.16. The van der Waals surface area contributed by atoms with E-state index in [0.717, 1.165) is 11.3 Å². The Morgan fingerprint density at radius 2 is 2.11 bits per heavy atom. The van der Waals surface area contributed by atoms with Crippen molar-refractivity contribution in [2.75, 3.05) is 36.5 Å². The van der Waals surface area contributed by atoms with Crippen LogP contribution in [0.5, 0.6) is 0 Å². The van der Waals surface area contributed by atoms with Crippen LogP contribution in [0.25, 0.3) is 0 Å². The number of anilines is 2. The molecule has 0 radical (unpaired) electrons. The van der Waals surface area contributed by atoms with E-state index in [0.29, 0.717) is 6.54 Å². The Kier molecular flexibility index (Phi) is 6.65. The summed E-state index contributed by atoms with van der Waals surface area (Å²) in [6, 6.07) is 0. The minimum atomic E-state index is -2.56. The lowest BCUT2D eigenvalue weighted by Crippen LogP contribution is -2.33. The van der Waals surface area contributed by atoms with Gasteiger partial charge in [-0.1, -0.05) is 6.92 Å². The number of nitrogens with one attached hydrogen (secondary N) is 1. The number of aromatic nitrogens is 3. The van der Waals surface area contributed by atoms with Crippen molar-refractivity contribution in [2.24, 2.45) is 0 Å². The Bertz CT molecular complexity index is 396. The van der Waals surface area contributed by atoms with Gasteiger partial charge in [-0.3, -0.25) is 0 Å². The maximum Gasteiger partial charge on any atom is 0.255 e. The molecule has 19 heavy (non-hydrogen) atoms. The molecule has 0 saturated carbocycles. The fraction of sp³-hybridized carbons (Fsp3) is 0.700. The normalized spacial score (nSPS) is 10.8. The summed E-state index contributed by atoms with van der Waals surface area (Å²) in [6.45, 7) is 1.74. The molecule has 2 N–H and O–H groups in total. The second kappa shape index (κ2) is 8.00. The molecule has 0 amide bonds. The van der Waals surface area contributed by atoms with Crippen molar-refractivity contribution in [1.82, 2.24) is 15.0 Å². The maximum atomic E-state index is 12.5. The molecule has 1 aromatic heterocycles. The van der Waals surface area contributed by atoms with Gasteiger partial charge < -0.3 is 15.3 Å². The third-order valence-electron chi connectivity index (χ3n) is 2.14. The van der Waals surface area contributed by atoms with Gasteiger partial charge in [-0.05, 0) is 18.0 Å². The van der Waals surface area contributed by atoms with Crippen molar-refractivity contribution in [2.45, 2.75) is 19.8 Å². The van der Waals surface area contributed by atoms with Gasteiger partial charge in [-0.15, -0.1) is 0 Å². The van der Waals surface area contributed by atoms with Gasteiger partial charge in [0, 0.05) is 13.1 Å². The van der Waals surface area contributed by atoms with E-state index in [1.54, 1.807) is 0 Å². The zero-order valence-electron chi connectivity index (χ0n) is 10.5. The molecule has 0 spiro atoms. The predicted octanol–water partition coefficient (Wildman–Crippen LogP) is 1.41. The average molecular weight is 296 g/mol. The summed E-state index contributed by atoms with van der Waals surface area (Å²) in [4.78, 5) is 12.8. The molecule has 1 heterocycles. The first-order valence-electron chi connectivity index (χ1n) is 5.86. The molecule has 6 nitrogen and oxygen atoms in total. The highest BCUT2D eigenvalue weighted by molar-refractivity contribution is 6.28. The van der Waals surface area contributed by atoms with Gasteiger partial charge in [-0.25, -0.2) is 8.78 Å². The summed E-state index contributed by atoms with van der Waals surface area (Å²) in [5, 5.41) is 11.7. The summed E-state index contributed by atoms with van der Waals surface area (Å²) in [6.07, 6.45) is -1.70. The molecule has 1 aromatic rings. The predicted molar refractivity (Wildman–Crippen MR) is 68.9 cm³/mol. The third kappa shape index (κ3) is 5.48. The van der Waals surface area contributed by atoms with Crippen LogP contribution >= 0.6 is 11.6 Å². The van der Waals surface area contributed by atoms with Crippen LogP contribution in [-0.4, -0.2) is 52.7 Å². The van der Waals surface area contributed by atoms with E-state index in [4.69, 9.17) is 16.7 Å². The van der Waals surface area contributed by atoms with E-state index in [2.05, 4.69) is 20.3 Å².